The van der Waals surface area contributed by atoms with Crippen molar-refractivity contribution in [2.24, 2.45) is 0 Å². The number of anilines is 1. The van der Waals surface area contributed by atoms with Gasteiger partial charge < -0.3 is 10.6 Å². The summed E-state index contributed by atoms with van der Waals surface area (Å²) in [6.07, 6.45) is 0. The molecule has 1 aromatic carbocycles. The topological polar surface area (TPSA) is 41.1 Å². The largest absolute Gasteiger partial charge is 0.341 e. The van der Waals surface area contributed by atoms with Gasteiger partial charge in [0.25, 0.3) is 0 Å². The number of amides is 2. The normalized spacial score (nSPS) is 10.0. The number of hydrogen-bond donors (Lipinski definition) is 2. The second kappa shape index (κ2) is 4.65. The lowest BCUT2D eigenvalue weighted by atomic mass is 10.0. The van der Waals surface area contributed by atoms with Crippen molar-refractivity contribution in [1.82, 2.24) is 5.32 Å². The van der Waals surface area contributed by atoms with E-state index in [0.717, 1.165) is 5.69 Å². The van der Waals surface area contributed by atoms with Gasteiger partial charge in [0.05, 0.1) is 0 Å². The molecule has 0 saturated heterocycles. The van der Waals surface area contributed by atoms with E-state index >= 15 is 0 Å². The molecule has 0 fully saturated rings. The van der Waals surface area contributed by atoms with Crippen LogP contribution in [0.1, 0.15) is 28.2 Å². The van der Waals surface area contributed by atoms with Crippen LogP contribution >= 0.6 is 0 Å². The van der Waals surface area contributed by atoms with E-state index in [1.54, 1.807) is 7.05 Å². The first-order valence-corrected chi connectivity index (χ1v) is 4.72. The van der Waals surface area contributed by atoms with E-state index in [0.29, 0.717) is 5.92 Å². The van der Waals surface area contributed by atoms with Crippen LogP contribution in [0.2, 0.25) is 0 Å². The molecule has 0 spiro atoms. The van der Waals surface area contributed by atoms with Crippen LogP contribution in [0.25, 0.3) is 0 Å². The summed E-state index contributed by atoms with van der Waals surface area (Å²) in [6, 6.07) is 7.67. The molecule has 0 heterocycles. The number of hydrogen-bond acceptors (Lipinski definition) is 1. The zero-order valence-corrected chi connectivity index (χ0v) is 8.79. The Morgan fingerprint density at radius 3 is 2.29 bits per heavy atom. The predicted molar refractivity (Wildman–Crippen MR) is 62.8 cm³/mol. The van der Waals surface area contributed by atoms with Crippen molar-refractivity contribution in [2.75, 3.05) is 12.4 Å². The maximum atomic E-state index is 11.0. The molecule has 3 heteroatoms. The molecule has 0 saturated carbocycles. The number of urea groups is 1. The number of rotatable bonds is 2. The van der Waals surface area contributed by atoms with Gasteiger partial charge in [-0.1, -0.05) is 26.0 Å². The molecule has 2 amide bonds. The van der Waals surface area contributed by atoms with E-state index in [1.807, 2.05) is 24.3 Å². The van der Waals surface area contributed by atoms with E-state index in [2.05, 4.69) is 24.5 Å². The highest BCUT2D eigenvalue weighted by Gasteiger charge is 2.00. The van der Waals surface area contributed by atoms with Crippen molar-refractivity contribution in [2.45, 2.75) is 19.8 Å². The van der Waals surface area contributed by atoms with E-state index in [9.17, 15) is 4.79 Å². The molecule has 0 radical (unpaired) electrons. The Labute approximate surface area is 87.5 Å². The van der Waals surface area contributed by atoms with Gasteiger partial charge in [-0.15, -0.1) is 0 Å². The summed E-state index contributed by atoms with van der Waals surface area (Å²) in [5.74, 6) is 0.518. The molecule has 2 N–H and O–H groups in total. The molecule has 1 rings (SSSR count). The van der Waals surface area contributed by atoms with Crippen molar-refractivity contribution in [3.05, 3.63) is 29.8 Å². The first-order valence-electron chi connectivity index (χ1n) is 4.72. The zero-order chi connectivity index (χ0) is 10.6. The van der Waals surface area contributed by atoms with Gasteiger partial charge in [-0.2, -0.15) is 0 Å². The number of benzene rings is 1. The number of nitrogens with one attached hydrogen (secondary N) is 2. The average Bonchev–Trinajstić information content (AvgIpc) is 2.18. The van der Waals surface area contributed by atoms with Crippen LogP contribution in [0.3, 0.4) is 0 Å². The van der Waals surface area contributed by atoms with Gasteiger partial charge >= 0.3 is 6.03 Å². The zero-order valence-electron chi connectivity index (χ0n) is 8.79. The van der Waals surface area contributed by atoms with Crippen molar-refractivity contribution >= 4 is 11.7 Å². The SMILES string of the molecule is CNC(=O)Nc1ccc(C(C)C)cc1.[HH].[HH]. The summed E-state index contributed by atoms with van der Waals surface area (Å²) >= 11 is 0. The van der Waals surface area contributed by atoms with Gasteiger partial charge in [-0.05, 0) is 23.6 Å². The Kier molecular flexibility index (Phi) is 3.51. The standard InChI is InChI=1S/C11H16N2O.2H2/c1-8(2)9-4-6-10(7-5-9)13-11(14)12-3;;/h4-8H,1-3H3,(H2,12,13,14);2*1H. The van der Waals surface area contributed by atoms with E-state index in [4.69, 9.17) is 0 Å². The molecule has 80 valence electrons. The van der Waals surface area contributed by atoms with Gasteiger partial charge in [-0.25, -0.2) is 4.79 Å². The molecule has 0 aromatic heterocycles. The summed E-state index contributed by atoms with van der Waals surface area (Å²) in [4.78, 5) is 11.0. The summed E-state index contributed by atoms with van der Waals surface area (Å²) < 4.78 is 0. The molecule has 3 nitrogen and oxygen atoms in total. The molecule has 0 unspecified atom stereocenters. The Morgan fingerprint density at radius 2 is 1.86 bits per heavy atom. The highest BCUT2D eigenvalue weighted by molar-refractivity contribution is 5.88. The molecule has 0 aliphatic heterocycles. The first-order chi connectivity index (χ1) is 6.63. The summed E-state index contributed by atoms with van der Waals surface area (Å²) in [6.45, 7) is 4.28. The van der Waals surface area contributed by atoms with Crippen LogP contribution in [0, 0.1) is 0 Å². The minimum absolute atomic E-state index is 0. The fraction of sp³-hybridized carbons (Fsp3) is 0.364. The van der Waals surface area contributed by atoms with Crippen LogP contribution < -0.4 is 10.6 Å². The molecule has 14 heavy (non-hydrogen) atoms. The van der Waals surface area contributed by atoms with E-state index in [-0.39, 0.29) is 8.88 Å². The highest BCUT2D eigenvalue weighted by atomic mass is 16.2. The molecular formula is C11H20N2O. The minimum Gasteiger partial charge on any atom is -0.341 e. The second-order valence-corrected chi connectivity index (χ2v) is 3.48. The van der Waals surface area contributed by atoms with Gasteiger partial charge in [0, 0.05) is 15.6 Å². The molecule has 0 aliphatic carbocycles. The van der Waals surface area contributed by atoms with Gasteiger partial charge in [0.1, 0.15) is 0 Å². The second-order valence-electron chi connectivity index (χ2n) is 3.48. The van der Waals surface area contributed by atoms with Crippen molar-refractivity contribution in [1.29, 1.82) is 0 Å². The fourth-order valence-corrected chi connectivity index (χ4v) is 1.14. The van der Waals surface area contributed by atoms with Gasteiger partial charge in [-0.3, -0.25) is 0 Å². The first kappa shape index (κ1) is 10.6. The monoisotopic (exact) mass is 196 g/mol. The van der Waals surface area contributed by atoms with Crippen molar-refractivity contribution in [3.8, 4) is 0 Å². The number of carbonyl (C=O) groups is 1. The number of carbonyl (C=O) groups excluding carboxylic acids is 1. The third-order valence-corrected chi connectivity index (χ3v) is 2.06. The van der Waals surface area contributed by atoms with E-state index < -0.39 is 0 Å². The average molecular weight is 196 g/mol. The third-order valence-electron chi connectivity index (χ3n) is 2.06. The van der Waals surface area contributed by atoms with Crippen LogP contribution in [0.5, 0.6) is 0 Å². The van der Waals surface area contributed by atoms with Crippen LogP contribution in [-0.2, 0) is 0 Å². The minimum atomic E-state index is -0.192. The Hall–Kier alpha value is -1.51. The van der Waals surface area contributed by atoms with Crippen molar-refractivity contribution in [3.63, 3.8) is 0 Å². The Bertz CT molecular complexity index is 312. The summed E-state index contributed by atoms with van der Waals surface area (Å²) in [5, 5.41) is 5.21. The summed E-state index contributed by atoms with van der Waals surface area (Å²) in [5.41, 5.74) is 2.08. The highest BCUT2D eigenvalue weighted by Crippen LogP contribution is 2.16. The van der Waals surface area contributed by atoms with Crippen LogP contribution in [0.4, 0.5) is 10.5 Å². The quantitative estimate of drug-likeness (QED) is 0.750. The maximum Gasteiger partial charge on any atom is 0.318 e. The smallest absolute Gasteiger partial charge is 0.318 e. The molecule has 0 atom stereocenters. The molecule has 0 aliphatic rings. The Balaban J connectivity index is 0. The fourth-order valence-electron chi connectivity index (χ4n) is 1.14. The lowest BCUT2D eigenvalue weighted by Crippen LogP contribution is -2.24. The summed E-state index contributed by atoms with van der Waals surface area (Å²) in [7, 11) is 1.60. The van der Waals surface area contributed by atoms with Crippen LogP contribution in [-0.4, -0.2) is 13.1 Å². The molecular weight excluding hydrogens is 176 g/mol. The third kappa shape index (κ3) is 2.76. The van der Waals surface area contributed by atoms with Crippen LogP contribution in [0.15, 0.2) is 24.3 Å². The van der Waals surface area contributed by atoms with Gasteiger partial charge in [0.2, 0.25) is 0 Å². The Morgan fingerprint density at radius 1 is 1.29 bits per heavy atom. The molecule has 1 aromatic rings. The maximum absolute atomic E-state index is 11.0. The van der Waals surface area contributed by atoms with Gasteiger partial charge in [0.15, 0.2) is 0 Å². The predicted octanol–water partition coefficient (Wildman–Crippen LogP) is 3.05. The lowest BCUT2D eigenvalue weighted by molar-refractivity contribution is 0.254. The van der Waals surface area contributed by atoms with Crippen molar-refractivity contribution < 1.29 is 7.65 Å². The van der Waals surface area contributed by atoms with E-state index in [1.165, 1.54) is 5.56 Å². The molecule has 0 bridgehead atoms. The lowest BCUT2D eigenvalue weighted by Gasteiger charge is -2.07.